The summed E-state index contributed by atoms with van der Waals surface area (Å²) in [5.41, 5.74) is 1.62. The Kier molecular flexibility index (Phi) is 4.84. The van der Waals surface area contributed by atoms with Gasteiger partial charge in [0.05, 0.1) is 5.02 Å². The van der Waals surface area contributed by atoms with Gasteiger partial charge in [-0.1, -0.05) is 41.4 Å². The summed E-state index contributed by atoms with van der Waals surface area (Å²) < 4.78 is 6.90. The van der Waals surface area contributed by atoms with Crippen LogP contribution in [0.1, 0.15) is 35.7 Å². The number of ether oxygens (including phenoxy) is 1. The first-order valence-electron chi connectivity index (χ1n) is 6.23. The van der Waals surface area contributed by atoms with Gasteiger partial charge in [0.25, 0.3) is 0 Å². The maximum atomic E-state index is 10.7. The van der Waals surface area contributed by atoms with Crippen LogP contribution in [0, 0.1) is 0 Å². The van der Waals surface area contributed by atoms with E-state index >= 15 is 0 Å². The van der Waals surface area contributed by atoms with Crippen LogP contribution in [0.15, 0.2) is 40.9 Å². The molecule has 0 saturated heterocycles. The lowest BCUT2D eigenvalue weighted by atomic mass is 10.0. The maximum absolute atomic E-state index is 10.7. The van der Waals surface area contributed by atoms with E-state index in [-0.39, 0.29) is 0 Å². The van der Waals surface area contributed by atoms with Gasteiger partial charge in [-0.15, -0.1) is 0 Å². The summed E-state index contributed by atoms with van der Waals surface area (Å²) in [5, 5.41) is 0.423. The third kappa shape index (κ3) is 3.41. The molecule has 0 N–H and O–H groups in total. The molecular weight excluding hydrogens is 340 g/mol. The van der Waals surface area contributed by atoms with E-state index in [1.54, 1.807) is 18.2 Å². The molecule has 0 aliphatic heterocycles. The highest BCUT2D eigenvalue weighted by atomic mass is 79.9. The molecule has 4 heteroatoms. The fraction of sp³-hybridized carbons (Fsp3) is 0.188. The number of rotatable bonds is 4. The van der Waals surface area contributed by atoms with Gasteiger partial charge >= 0.3 is 0 Å². The second-order valence-electron chi connectivity index (χ2n) is 4.75. The predicted molar refractivity (Wildman–Crippen MR) is 85.1 cm³/mol. The van der Waals surface area contributed by atoms with Crippen molar-refractivity contribution in [1.82, 2.24) is 0 Å². The van der Waals surface area contributed by atoms with Crippen molar-refractivity contribution in [2.45, 2.75) is 19.8 Å². The zero-order valence-corrected chi connectivity index (χ0v) is 13.5. The van der Waals surface area contributed by atoms with Gasteiger partial charge in [0.15, 0.2) is 0 Å². The summed E-state index contributed by atoms with van der Waals surface area (Å²) in [5.74, 6) is 1.64. The second kappa shape index (κ2) is 6.42. The summed E-state index contributed by atoms with van der Waals surface area (Å²) in [4.78, 5) is 10.7. The van der Waals surface area contributed by atoms with Gasteiger partial charge in [0.1, 0.15) is 17.8 Å². The van der Waals surface area contributed by atoms with Gasteiger partial charge in [0, 0.05) is 10.0 Å². The zero-order valence-electron chi connectivity index (χ0n) is 11.2. The Morgan fingerprint density at radius 1 is 1.15 bits per heavy atom. The first-order valence-corrected chi connectivity index (χ1v) is 7.40. The monoisotopic (exact) mass is 352 g/mol. The van der Waals surface area contributed by atoms with E-state index in [4.69, 9.17) is 16.3 Å². The van der Waals surface area contributed by atoms with Gasteiger partial charge in [0.2, 0.25) is 0 Å². The molecule has 0 spiro atoms. The highest BCUT2D eigenvalue weighted by molar-refractivity contribution is 9.10. The minimum atomic E-state index is 0.329. The third-order valence-corrected chi connectivity index (χ3v) is 3.69. The molecule has 2 aromatic carbocycles. The Labute approximate surface area is 131 Å². The molecular formula is C16H14BrClO2. The molecule has 0 aliphatic rings. The molecule has 0 amide bonds. The van der Waals surface area contributed by atoms with Crippen LogP contribution in [-0.4, -0.2) is 6.29 Å². The van der Waals surface area contributed by atoms with Crippen LogP contribution in [0.5, 0.6) is 11.5 Å². The number of carbonyl (C=O) groups is 1. The number of benzene rings is 2. The second-order valence-corrected chi connectivity index (χ2v) is 6.07. The highest BCUT2D eigenvalue weighted by Crippen LogP contribution is 2.35. The lowest BCUT2D eigenvalue weighted by molar-refractivity contribution is 0.112. The normalized spacial score (nSPS) is 10.7. The van der Waals surface area contributed by atoms with Crippen LogP contribution < -0.4 is 4.74 Å². The molecule has 0 bridgehead atoms. The summed E-state index contributed by atoms with van der Waals surface area (Å²) in [7, 11) is 0. The molecule has 0 aromatic heterocycles. The first kappa shape index (κ1) is 15.1. The smallest absolute Gasteiger partial charge is 0.150 e. The largest absolute Gasteiger partial charge is 0.456 e. The summed E-state index contributed by atoms with van der Waals surface area (Å²) in [6, 6.07) is 10.9. The van der Waals surface area contributed by atoms with Crippen molar-refractivity contribution in [1.29, 1.82) is 0 Å². The fourth-order valence-electron chi connectivity index (χ4n) is 1.86. The molecule has 0 unspecified atom stereocenters. The van der Waals surface area contributed by atoms with E-state index < -0.39 is 0 Å². The maximum Gasteiger partial charge on any atom is 0.150 e. The van der Waals surface area contributed by atoms with E-state index in [1.807, 2.05) is 18.2 Å². The fourth-order valence-corrected chi connectivity index (χ4v) is 2.46. The summed E-state index contributed by atoms with van der Waals surface area (Å²) in [6.45, 7) is 4.21. The predicted octanol–water partition coefficient (Wildman–Crippen LogP) is 5.83. The van der Waals surface area contributed by atoms with E-state index in [2.05, 4.69) is 29.8 Å². The van der Waals surface area contributed by atoms with Crippen molar-refractivity contribution in [3.63, 3.8) is 0 Å². The number of carbonyl (C=O) groups excluding carboxylic acids is 1. The number of hydrogen-bond donors (Lipinski definition) is 0. The van der Waals surface area contributed by atoms with Crippen molar-refractivity contribution in [3.8, 4) is 11.5 Å². The van der Waals surface area contributed by atoms with Crippen molar-refractivity contribution in [2.75, 3.05) is 0 Å². The molecule has 2 nitrogen and oxygen atoms in total. The Balaban J connectivity index is 2.37. The highest BCUT2D eigenvalue weighted by Gasteiger charge is 2.11. The van der Waals surface area contributed by atoms with Crippen molar-refractivity contribution >= 4 is 33.8 Å². The van der Waals surface area contributed by atoms with E-state index in [1.165, 1.54) is 0 Å². The Hall–Kier alpha value is -1.32. The first-order chi connectivity index (χ1) is 9.51. The lowest BCUT2D eigenvalue weighted by Crippen LogP contribution is -1.95. The van der Waals surface area contributed by atoms with Crippen molar-refractivity contribution in [3.05, 3.63) is 57.0 Å². The Morgan fingerprint density at radius 2 is 1.85 bits per heavy atom. The number of hydrogen-bond acceptors (Lipinski definition) is 2. The molecule has 20 heavy (non-hydrogen) atoms. The van der Waals surface area contributed by atoms with Gasteiger partial charge in [-0.2, -0.15) is 0 Å². The minimum absolute atomic E-state index is 0.329. The molecule has 2 rings (SSSR count). The van der Waals surface area contributed by atoms with Crippen LogP contribution >= 0.6 is 27.5 Å². The van der Waals surface area contributed by atoms with Gasteiger partial charge in [-0.05, 0) is 47.9 Å². The molecule has 0 aliphatic carbocycles. The molecule has 0 saturated carbocycles. The topological polar surface area (TPSA) is 26.3 Å². The Morgan fingerprint density at radius 3 is 2.45 bits per heavy atom. The molecule has 0 fully saturated rings. The van der Waals surface area contributed by atoms with E-state index in [0.29, 0.717) is 22.3 Å². The number of aldehydes is 1. The Bertz CT molecular complexity index is 638. The zero-order chi connectivity index (χ0) is 14.7. The molecule has 2 aromatic rings. The third-order valence-electron chi connectivity index (χ3n) is 2.91. The van der Waals surface area contributed by atoms with Gasteiger partial charge in [-0.25, -0.2) is 0 Å². The summed E-state index contributed by atoms with van der Waals surface area (Å²) in [6.07, 6.45) is 0.759. The molecule has 104 valence electrons. The van der Waals surface area contributed by atoms with Crippen LogP contribution in [-0.2, 0) is 0 Å². The molecule has 0 atom stereocenters. The van der Waals surface area contributed by atoms with Crippen molar-refractivity contribution in [2.24, 2.45) is 0 Å². The quantitative estimate of drug-likeness (QED) is 0.646. The van der Waals surface area contributed by atoms with Crippen LogP contribution in [0.4, 0.5) is 0 Å². The molecule has 0 radical (unpaired) electrons. The average Bonchev–Trinajstić information content (AvgIpc) is 2.42. The SMILES string of the molecule is CC(C)c1cc(Br)ccc1Oc1ccc(C=O)cc1Cl. The van der Waals surface area contributed by atoms with Gasteiger partial charge in [-0.3, -0.25) is 4.79 Å². The van der Waals surface area contributed by atoms with Gasteiger partial charge < -0.3 is 4.74 Å². The van der Waals surface area contributed by atoms with Crippen LogP contribution in [0.2, 0.25) is 5.02 Å². The summed E-state index contributed by atoms with van der Waals surface area (Å²) >= 11 is 9.59. The van der Waals surface area contributed by atoms with Crippen molar-refractivity contribution < 1.29 is 9.53 Å². The van der Waals surface area contributed by atoms with E-state index in [9.17, 15) is 4.79 Å². The van der Waals surface area contributed by atoms with E-state index in [0.717, 1.165) is 22.1 Å². The minimum Gasteiger partial charge on any atom is -0.456 e. The standard InChI is InChI=1S/C16H14BrClO2/c1-10(2)13-8-12(17)4-6-15(13)20-16-5-3-11(9-19)7-14(16)18/h3-10H,1-2H3. The number of halogens is 2. The van der Waals surface area contributed by atoms with Crippen LogP contribution in [0.25, 0.3) is 0 Å². The molecule has 0 heterocycles. The lowest BCUT2D eigenvalue weighted by Gasteiger charge is -2.15. The average molecular weight is 354 g/mol. The van der Waals surface area contributed by atoms with Crippen LogP contribution in [0.3, 0.4) is 0 Å².